The molecule has 1 amide bonds. The van der Waals surface area contributed by atoms with Crippen LogP contribution in [0.3, 0.4) is 0 Å². The van der Waals surface area contributed by atoms with E-state index in [9.17, 15) is 9.59 Å². The van der Waals surface area contributed by atoms with Crippen LogP contribution in [-0.2, 0) is 16.1 Å². The van der Waals surface area contributed by atoms with Gasteiger partial charge in [0, 0.05) is 12.1 Å². The molecular formula is C13H18N2O3. The van der Waals surface area contributed by atoms with E-state index < -0.39 is 0 Å². The van der Waals surface area contributed by atoms with E-state index in [0.29, 0.717) is 24.4 Å². The van der Waals surface area contributed by atoms with Gasteiger partial charge in [-0.15, -0.1) is 0 Å². The van der Waals surface area contributed by atoms with Gasteiger partial charge in [0.25, 0.3) is 0 Å². The van der Waals surface area contributed by atoms with Crippen molar-refractivity contribution in [2.24, 2.45) is 5.92 Å². The largest absolute Gasteiger partial charge is 0.462 e. The number of nitrogens with one attached hydrogen (secondary N) is 1. The highest BCUT2D eigenvalue weighted by Crippen LogP contribution is 2.03. The Morgan fingerprint density at radius 1 is 1.39 bits per heavy atom. The highest BCUT2D eigenvalue weighted by molar-refractivity contribution is 5.88. The summed E-state index contributed by atoms with van der Waals surface area (Å²) in [7, 11) is 0. The zero-order valence-electron chi connectivity index (χ0n) is 10.9. The number of carbonyl (C=O) groups excluding carboxylic acids is 2. The predicted molar refractivity (Wildman–Crippen MR) is 66.9 cm³/mol. The average Bonchev–Trinajstić information content (AvgIpc) is 2.36. The summed E-state index contributed by atoms with van der Waals surface area (Å²) in [5, 5.41) is 2.75. The fraction of sp³-hybridized carbons (Fsp3) is 0.462. The first kappa shape index (κ1) is 14.2. The van der Waals surface area contributed by atoms with Gasteiger partial charge in [-0.1, -0.05) is 13.8 Å². The molecule has 0 unspecified atom stereocenters. The van der Waals surface area contributed by atoms with Gasteiger partial charge >= 0.3 is 5.97 Å². The van der Waals surface area contributed by atoms with E-state index in [1.54, 1.807) is 19.1 Å². The van der Waals surface area contributed by atoms with Crippen molar-refractivity contribution < 1.29 is 14.3 Å². The molecule has 0 fully saturated rings. The lowest BCUT2D eigenvalue weighted by Gasteiger charge is -2.07. The molecule has 0 saturated carbocycles. The number of carbonyl (C=O) groups is 2. The van der Waals surface area contributed by atoms with E-state index in [-0.39, 0.29) is 17.8 Å². The Bertz CT molecular complexity index is 413. The first-order chi connectivity index (χ1) is 8.54. The van der Waals surface area contributed by atoms with Crippen LogP contribution in [0.4, 0.5) is 0 Å². The quantitative estimate of drug-likeness (QED) is 0.805. The van der Waals surface area contributed by atoms with Gasteiger partial charge in [-0.2, -0.15) is 0 Å². The molecule has 0 aliphatic carbocycles. The summed E-state index contributed by atoms with van der Waals surface area (Å²) >= 11 is 0. The number of ether oxygens (including phenoxy) is 1. The number of pyridine rings is 1. The third-order valence-corrected chi connectivity index (χ3v) is 2.30. The van der Waals surface area contributed by atoms with Gasteiger partial charge in [-0.05, 0) is 19.1 Å². The molecule has 5 nitrogen and oxygen atoms in total. The Labute approximate surface area is 107 Å². The predicted octanol–water partition coefficient (Wildman–Crippen LogP) is 1.53. The Kier molecular flexibility index (Phi) is 5.30. The third-order valence-electron chi connectivity index (χ3n) is 2.30. The fourth-order valence-corrected chi connectivity index (χ4v) is 1.25. The van der Waals surface area contributed by atoms with Gasteiger partial charge in [0.15, 0.2) is 0 Å². The lowest BCUT2D eigenvalue weighted by Crippen LogP contribution is -2.27. The second kappa shape index (κ2) is 6.74. The molecule has 1 rings (SSSR count). The first-order valence-electron chi connectivity index (χ1n) is 5.94. The van der Waals surface area contributed by atoms with E-state index in [0.717, 1.165) is 0 Å². The SMILES string of the molecule is CCOC(=O)c1ccc(CNC(=O)C(C)C)nc1. The standard InChI is InChI=1S/C13H18N2O3/c1-4-18-13(17)10-5-6-11(14-7-10)8-15-12(16)9(2)3/h5-7,9H,4,8H2,1-3H3,(H,15,16). The monoisotopic (exact) mass is 250 g/mol. The van der Waals surface area contributed by atoms with E-state index >= 15 is 0 Å². The van der Waals surface area contributed by atoms with Gasteiger partial charge < -0.3 is 10.1 Å². The molecule has 0 atom stereocenters. The highest BCUT2D eigenvalue weighted by Gasteiger charge is 2.08. The van der Waals surface area contributed by atoms with Crippen LogP contribution in [0.25, 0.3) is 0 Å². The summed E-state index contributed by atoms with van der Waals surface area (Å²) in [4.78, 5) is 26.8. The minimum atomic E-state index is -0.386. The first-order valence-corrected chi connectivity index (χ1v) is 5.94. The van der Waals surface area contributed by atoms with E-state index in [4.69, 9.17) is 4.74 Å². The summed E-state index contributed by atoms with van der Waals surface area (Å²) in [5.74, 6) is -0.460. The normalized spacial score (nSPS) is 10.2. The topological polar surface area (TPSA) is 68.3 Å². The number of rotatable bonds is 5. The Balaban J connectivity index is 2.55. The lowest BCUT2D eigenvalue weighted by molar-refractivity contribution is -0.124. The van der Waals surface area contributed by atoms with Crippen LogP contribution in [0.5, 0.6) is 0 Å². The molecule has 5 heteroatoms. The van der Waals surface area contributed by atoms with Gasteiger partial charge in [0.2, 0.25) is 5.91 Å². The molecule has 1 aromatic heterocycles. The van der Waals surface area contributed by atoms with Crippen molar-refractivity contribution in [3.05, 3.63) is 29.6 Å². The molecule has 0 bridgehead atoms. The molecule has 98 valence electrons. The number of aromatic nitrogens is 1. The van der Waals surface area contributed by atoms with Crippen molar-refractivity contribution in [1.29, 1.82) is 0 Å². The number of esters is 1. The van der Waals surface area contributed by atoms with Crippen molar-refractivity contribution in [2.45, 2.75) is 27.3 Å². The minimum absolute atomic E-state index is 0.0220. The number of hydrogen-bond donors (Lipinski definition) is 1. The third kappa shape index (κ3) is 4.16. The van der Waals surface area contributed by atoms with Crippen molar-refractivity contribution in [2.75, 3.05) is 6.61 Å². The second-order valence-electron chi connectivity index (χ2n) is 4.13. The van der Waals surface area contributed by atoms with Gasteiger partial charge in [-0.3, -0.25) is 9.78 Å². The Morgan fingerprint density at radius 3 is 2.61 bits per heavy atom. The maximum absolute atomic E-state index is 11.4. The van der Waals surface area contributed by atoms with Crippen molar-refractivity contribution in [1.82, 2.24) is 10.3 Å². The molecule has 18 heavy (non-hydrogen) atoms. The number of amides is 1. The molecule has 1 N–H and O–H groups in total. The van der Waals surface area contributed by atoms with E-state index in [1.807, 2.05) is 13.8 Å². The average molecular weight is 250 g/mol. The van der Waals surface area contributed by atoms with Gasteiger partial charge in [0.1, 0.15) is 0 Å². The number of hydrogen-bond acceptors (Lipinski definition) is 4. The van der Waals surface area contributed by atoms with Gasteiger partial charge in [-0.25, -0.2) is 4.79 Å². The zero-order chi connectivity index (χ0) is 13.5. The summed E-state index contributed by atoms with van der Waals surface area (Å²) in [6.45, 7) is 6.10. The molecule has 0 aliphatic rings. The molecule has 1 heterocycles. The maximum Gasteiger partial charge on any atom is 0.339 e. The van der Waals surface area contributed by atoms with Gasteiger partial charge in [0.05, 0.1) is 24.4 Å². The summed E-state index contributed by atoms with van der Waals surface area (Å²) in [5.41, 5.74) is 1.12. The molecule has 0 aliphatic heterocycles. The Hall–Kier alpha value is -1.91. The summed E-state index contributed by atoms with van der Waals surface area (Å²) in [6.07, 6.45) is 1.45. The van der Waals surface area contributed by atoms with Crippen LogP contribution in [0.15, 0.2) is 18.3 Å². The van der Waals surface area contributed by atoms with E-state index in [2.05, 4.69) is 10.3 Å². The molecule has 0 aromatic carbocycles. The van der Waals surface area contributed by atoms with Crippen molar-refractivity contribution in [3.63, 3.8) is 0 Å². The maximum atomic E-state index is 11.4. The van der Waals surface area contributed by atoms with Crippen molar-refractivity contribution >= 4 is 11.9 Å². The van der Waals surface area contributed by atoms with Crippen LogP contribution >= 0.6 is 0 Å². The number of nitrogens with zero attached hydrogens (tertiary/aromatic N) is 1. The Morgan fingerprint density at radius 2 is 2.11 bits per heavy atom. The summed E-state index contributed by atoms with van der Waals surface area (Å²) in [6, 6.07) is 3.34. The molecule has 1 aromatic rings. The van der Waals surface area contributed by atoms with Crippen LogP contribution in [0, 0.1) is 5.92 Å². The van der Waals surface area contributed by atoms with Crippen LogP contribution in [0.1, 0.15) is 36.8 Å². The highest BCUT2D eigenvalue weighted by atomic mass is 16.5. The van der Waals surface area contributed by atoms with E-state index in [1.165, 1.54) is 6.20 Å². The smallest absolute Gasteiger partial charge is 0.339 e. The summed E-state index contributed by atoms with van der Waals surface area (Å²) < 4.78 is 4.85. The fourth-order valence-electron chi connectivity index (χ4n) is 1.25. The zero-order valence-corrected chi connectivity index (χ0v) is 10.9. The second-order valence-corrected chi connectivity index (χ2v) is 4.13. The lowest BCUT2D eigenvalue weighted by atomic mass is 10.2. The van der Waals surface area contributed by atoms with Crippen LogP contribution in [-0.4, -0.2) is 23.5 Å². The van der Waals surface area contributed by atoms with Crippen LogP contribution in [0.2, 0.25) is 0 Å². The van der Waals surface area contributed by atoms with Crippen molar-refractivity contribution in [3.8, 4) is 0 Å². The molecule has 0 saturated heterocycles. The molecule has 0 spiro atoms. The van der Waals surface area contributed by atoms with Crippen LogP contribution < -0.4 is 5.32 Å². The minimum Gasteiger partial charge on any atom is -0.462 e. The molecular weight excluding hydrogens is 232 g/mol. The molecule has 0 radical (unpaired) electrons.